The molecule has 3 N–H and O–H groups in total. The van der Waals surface area contributed by atoms with Gasteiger partial charge in [-0.05, 0) is 44.0 Å². The van der Waals surface area contributed by atoms with Crippen LogP contribution in [0.4, 0.5) is 5.69 Å². The van der Waals surface area contributed by atoms with E-state index in [2.05, 4.69) is 5.32 Å². The summed E-state index contributed by atoms with van der Waals surface area (Å²) in [7, 11) is 0. The number of aryl methyl sites for hydroxylation is 1. The number of carbonyl (C=O) groups is 1. The van der Waals surface area contributed by atoms with Crippen molar-refractivity contribution in [2.75, 3.05) is 5.73 Å². The van der Waals surface area contributed by atoms with Crippen LogP contribution < -0.4 is 15.8 Å². The fourth-order valence-electron chi connectivity index (χ4n) is 3.17. The standard InChI is InChI=1S/C20H24N2O2.ClH/c1-20(2)13-17(16-12-15(21)9-10-18(16)24-20)22-19(23)11-8-14-6-4-3-5-7-14;/h3-7,9-10,12,17H,8,11,13,21H2,1-2H3,(H,22,23);1H. The number of benzene rings is 2. The molecule has 0 saturated heterocycles. The van der Waals surface area contributed by atoms with Crippen molar-refractivity contribution in [1.29, 1.82) is 0 Å². The number of amides is 1. The van der Waals surface area contributed by atoms with E-state index >= 15 is 0 Å². The molecule has 25 heavy (non-hydrogen) atoms. The first-order valence-corrected chi connectivity index (χ1v) is 8.35. The van der Waals surface area contributed by atoms with E-state index in [4.69, 9.17) is 10.5 Å². The number of nitrogens with one attached hydrogen (secondary N) is 1. The van der Waals surface area contributed by atoms with Crippen molar-refractivity contribution in [3.8, 4) is 5.75 Å². The van der Waals surface area contributed by atoms with E-state index in [1.54, 1.807) is 0 Å². The van der Waals surface area contributed by atoms with Crippen molar-refractivity contribution in [3.63, 3.8) is 0 Å². The zero-order chi connectivity index (χ0) is 17.2. The minimum Gasteiger partial charge on any atom is -0.487 e. The van der Waals surface area contributed by atoms with Crippen LogP contribution in [-0.2, 0) is 11.2 Å². The lowest BCUT2D eigenvalue weighted by molar-refractivity contribution is -0.122. The summed E-state index contributed by atoms with van der Waals surface area (Å²) in [5.41, 5.74) is 8.40. The molecule has 1 heterocycles. The lowest BCUT2D eigenvalue weighted by Crippen LogP contribution is -2.41. The van der Waals surface area contributed by atoms with Crippen LogP contribution in [0.15, 0.2) is 48.5 Å². The van der Waals surface area contributed by atoms with Crippen molar-refractivity contribution in [2.24, 2.45) is 0 Å². The van der Waals surface area contributed by atoms with Gasteiger partial charge in [0.15, 0.2) is 0 Å². The molecule has 0 bridgehead atoms. The molecule has 1 aliphatic rings. The number of rotatable bonds is 4. The number of fused-ring (bicyclic) bond motifs is 1. The molecule has 2 aromatic carbocycles. The minimum atomic E-state index is -0.319. The normalized spacial score (nSPS) is 17.6. The third-order valence-corrected chi connectivity index (χ3v) is 4.31. The minimum absolute atomic E-state index is 0. The van der Waals surface area contributed by atoms with Crippen LogP contribution in [0.1, 0.15) is 43.9 Å². The summed E-state index contributed by atoms with van der Waals surface area (Å²) in [6.07, 6.45) is 1.93. The van der Waals surface area contributed by atoms with Crippen LogP contribution in [-0.4, -0.2) is 11.5 Å². The molecule has 134 valence electrons. The van der Waals surface area contributed by atoms with E-state index in [9.17, 15) is 4.79 Å². The van der Waals surface area contributed by atoms with Gasteiger partial charge in [-0.25, -0.2) is 0 Å². The van der Waals surface area contributed by atoms with E-state index in [-0.39, 0.29) is 30.0 Å². The van der Waals surface area contributed by atoms with Gasteiger partial charge in [0, 0.05) is 24.1 Å². The van der Waals surface area contributed by atoms with Gasteiger partial charge in [-0.3, -0.25) is 4.79 Å². The summed E-state index contributed by atoms with van der Waals surface area (Å²) < 4.78 is 6.01. The second-order valence-corrected chi connectivity index (χ2v) is 6.97. The molecule has 1 amide bonds. The highest BCUT2D eigenvalue weighted by atomic mass is 35.5. The number of carbonyl (C=O) groups excluding carboxylic acids is 1. The second kappa shape index (κ2) is 7.79. The van der Waals surface area contributed by atoms with Crippen LogP contribution in [0.25, 0.3) is 0 Å². The van der Waals surface area contributed by atoms with Gasteiger partial charge in [0.25, 0.3) is 0 Å². The average Bonchev–Trinajstić information content (AvgIpc) is 2.54. The number of halogens is 1. The Bertz CT molecular complexity index is 732. The molecule has 0 radical (unpaired) electrons. The predicted molar refractivity (Wildman–Crippen MR) is 103 cm³/mol. The van der Waals surface area contributed by atoms with Crippen LogP contribution in [0.5, 0.6) is 5.75 Å². The molecule has 2 aromatic rings. The summed E-state index contributed by atoms with van der Waals surface area (Å²) in [4.78, 5) is 12.4. The van der Waals surface area contributed by atoms with Crippen molar-refractivity contribution < 1.29 is 9.53 Å². The Hall–Kier alpha value is -2.20. The molecule has 1 unspecified atom stereocenters. The summed E-state index contributed by atoms with van der Waals surface area (Å²) in [5, 5.41) is 3.15. The van der Waals surface area contributed by atoms with Gasteiger partial charge in [0.2, 0.25) is 5.91 Å². The Morgan fingerprint density at radius 2 is 1.96 bits per heavy atom. The van der Waals surface area contributed by atoms with Gasteiger partial charge < -0.3 is 15.8 Å². The molecule has 3 rings (SSSR count). The average molecular weight is 361 g/mol. The molecular formula is C20H25ClN2O2. The number of nitrogen functional groups attached to an aromatic ring is 1. The third-order valence-electron chi connectivity index (χ3n) is 4.31. The topological polar surface area (TPSA) is 64.4 Å². The van der Waals surface area contributed by atoms with Gasteiger partial charge in [0.1, 0.15) is 11.4 Å². The molecule has 1 aliphatic heterocycles. The predicted octanol–water partition coefficient (Wildman–Crippen LogP) is 4.04. The molecule has 0 saturated carbocycles. The Balaban J connectivity index is 0.00000225. The summed E-state index contributed by atoms with van der Waals surface area (Å²) >= 11 is 0. The van der Waals surface area contributed by atoms with Gasteiger partial charge in [0.05, 0.1) is 6.04 Å². The van der Waals surface area contributed by atoms with Crippen molar-refractivity contribution >= 4 is 24.0 Å². The van der Waals surface area contributed by atoms with Gasteiger partial charge in [-0.2, -0.15) is 0 Å². The lowest BCUT2D eigenvalue weighted by Gasteiger charge is -2.38. The number of hydrogen-bond acceptors (Lipinski definition) is 3. The largest absolute Gasteiger partial charge is 0.487 e. The van der Waals surface area contributed by atoms with Gasteiger partial charge >= 0.3 is 0 Å². The van der Waals surface area contributed by atoms with E-state index in [1.807, 2.05) is 62.4 Å². The number of anilines is 1. The fourth-order valence-corrected chi connectivity index (χ4v) is 3.17. The molecule has 4 nitrogen and oxygen atoms in total. The second-order valence-electron chi connectivity index (χ2n) is 6.97. The first kappa shape index (κ1) is 19.1. The number of nitrogens with two attached hydrogens (primary N) is 1. The lowest BCUT2D eigenvalue weighted by atomic mass is 9.89. The van der Waals surface area contributed by atoms with E-state index in [0.717, 1.165) is 24.2 Å². The van der Waals surface area contributed by atoms with Gasteiger partial charge in [-0.15, -0.1) is 12.4 Å². The first-order chi connectivity index (χ1) is 11.4. The molecule has 0 spiro atoms. The van der Waals surface area contributed by atoms with Gasteiger partial charge in [-0.1, -0.05) is 30.3 Å². The summed E-state index contributed by atoms with van der Waals surface area (Å²) in [6.45, 7) is 4.07. The Morgan fingerprint density at radius 1 is 1.24 bits per heavy atom. The van der Waals surface area contributed by atoms with Crippen LogP contribution >= 0.6 is 12.4 Å². The molecule has 1 atom stereocenters. The Labute approximate surface area is 155 Å². The maximum atomic E-state index is 12.4. The highest BCUT2D eigenvalue weighted by Crippen LogP contribution is 2.40. The Kier molecular flexibility index (Phi) is 5.96. The molecule has 0 fully saturated rings. The maximum absolute atomic E-state index is 12.4. The monoisotopic (exact) mass is 360 g/mol. The smallest absolute Gasteiger partial charge is 0.220 e. The molecular weight excluding hydrogens is 336 g/mol. The van der Waals surface area contributed by atoms with Crippen LogP contribution in [0, 0.1) is 0 Å². The third kappa shape index (κ3) is 4.89. The zero-order valence-electron chi connectivity index (χ0n) is 14.6. The molecule has 0 aromatic heterocycles. The first-order valence-electron chi connectivity index (χ1n) is 8.35. The maximum Gasteiger partial charge on any atom is 0.220 e. The highest BCUT2D eigenvalue weighted by molar-refractivity contribution is 5.85. The summed E-state index contributed by atoms with van der Waals surface area (Å²) in [5.74, 6) is 0.851. The van der Waals surface area contributed by atoms with E-state index in [1.165, 1.54) is 5.56 Å². The summed E-state index contributed by atoms with van der Waals surface area (Å²) in [6, 6.07) is 15.6. The van der Waals surface area contributed by atoms with Crippen LogP contribution in [0.3, 0.4) is 0 Å². The molecule has 5 heteroatoms. The zero-order valence-corrected chi connectivity index (χ0v) is 15.4. The van der Waals surface area contributed by atoms with Crippen LogP contribution in [0.2, 0.25) is 0 Å². The SMILES string of the molecule is CC1(C)CC(NC(=O)CCc2ccccc2)c2cc(N)ccc2O1.Cl. The quantitative estimate of drug-likeness (QED) is 0.809. The Morgan fingerprint density at radius 3 is 2.68 bits per heavy atom. The van der Waals surface area contributed by atoms with Crippen molar-refractivity contribution in [2.45, 2.75) is 44.8 Å². The molecule has 0 aliphatic carbocycles. The highest BCUT2D eigenvalue weighted by Gasteiger charge is 2.34. The van der Waals surface area contributed by atoms with E-state index < -0.39 is 0 Å². The number of ether oxygens (including phenoxy) is 1. The van der Waals surface area contributed by atoms with E-state index in [0.29, 0.717) is 12.1 Å². The fraction of sp³-hybridized carbons (Fsp3) is 0.350. The van der Waals surface area contributed by atoms with Crippen molar-refractivity contribution in [3.05, 3.63) is 59.7 Å². The number of hydrogen-bond donors (Lipinski definition) is 2. The van der Waals surface area contributed by atoms with Crippen molar-refractivity contribution in [1.82, 2.24) is 5.32 Å².